The molecule has 0 aliphatic carbocycles. The summed E-state index contributed by atoms with van der Waals surface area (Å²) in [5.41, 5.74) is 1.86. The summed E-state index contributed by atoms with van der Waals surface area (Å²) in [6.07, 6.45) is 6.96. The van der Waals surface area contributed by atoms with Crippen LogP contribution in [0.15, 0.2) is 54.9 Å². The highest BCUT2D eigenvalue weighted by atomic mass is 32.1. The number of thiazole rings is 1. The number of rotatable bonds is 6. The molecule has 0 unspecified atom stereocenters. The first-order chi connectivity index (χ1) is 12.3. The zero-order valence-electron chi connectivity index (χ0n) is 13.5. The zero-order chi connectivity index (χ0) is 17.5. The molecular weight excluding hydrogens is 332 g/mol. The van der Waals surface area contributed by atoms with E-state index in [4.69, 9.17) is 5.26 Å². The van der Waals surface area contributed by atoms with Gasteiger partial charge < -0.3 is 4.90 Å². The van der Waals surface area contributed by atoms with Crippen LogP contribution in [0.1, 0.15) is 17.0 Å². The number of carbonyl (C=O) groups is 1. The van der Waals surface area contributed by atoms with E-state index in [0.717, 1.165) is 20.8 Å². The van der Waals surface area contributed by atoms with Gasteiger partial charge in [0.05, 0.1) is 22.7 Å². The minimum absolute atomic E-state index is 0.140. The normalized spacial score (nSPS) is 10.8. The van der Waals surface area contributed by atoms with Crippen molar-refractivity contribution in [3.8, 4) is 6.07 Å². The number of amides is 1. The van der Waals surface area contributed by atoms with Crippen molar-refractivity contribution in [1.29, 1.82) is 5.26 Å². The van der Waals surface area contributed by atoms with Gasteiger partial charge >= 0.3 is 0 Å². The van der Waals surface area contributed by atoms with Crippen LogP contribution in [0.5, 0.6) is 0 Å². The van der Waals surface area contributed by atoms with Gasteiger partial charge in [0, 0.05) is 31.6 Å². The molecule has 0 spiro atoms. The van der Waals surface area contributed by atoms with E-state index in [2.05, 4.69) is 16.0 Å². The van der Waals surface area contributed by atoms with Gasteiger partial charge in [0.25, 0.3) is 0 Å². The molecule has 0 atom stereocenters. The monoisotopic (exact) mass is 348 g/mol. The Labute approximate surface area is 149 Å². The van der Waals surface area contributed by atoms with Crippen LogP contribution in [-0.2, 0) is 11.3 Å². The highest BCUT2D eigenvalue weighted by molar-refractivity contribution is 7.19. The Bertz CT molecular complexity index is 894. The molecule has 6 heteroatoms. The van der Waals surface area contributed by atoms with Gasteiger partial charge in [0.2, 0.25) is 5.91 Å². The van der Waals surface area contributed by atoms with Crippen LogP contribution in [0, 0.1) is 11.3 Å². The van der Waals surface area contributed by atoms with E-state index >= 15 is 0 Å². The molecule has 124 valence electrons. The van der Waals surface area contributed by atoms with Gasteiger partial charge in [-0.05, 0) is 29.8 Å². The minimum Gasteiger partial charge on any atom is -0.334 e. The van der Waals surface area contributed by atoms with E-state index in [-0.39, 0.29) is 5.91 Å². The molecule has 25 heavy (non-hydrogen) atoms. The fourth-order valence-electron chi connectivity index (χ4n) is 2.37. The Morgan fingerprint density at radius 3 is 2.92 bits per heavy atom. The van der Waals surface area contributed by atoms with Gasteiger partial charge in [-0.3, -0.25) is 9.78 Å². The topological polar surface area (TPSA) is 69.9 Å². The minimum atomic E-state index is -0.140. The maximum absolute atomic E-state index is 12.5. The van der Waals surface area contributed by atoms with Crippen molar-refractivity contribution in [1.82, 2.24) is 14.9 Å². The third-order valence-electron chi connectivity index (χ3n) is 3.58. The summed E-state index contributed by atoms with van der Waals surface area (Å²) in [5, 5.41) is 9.61. The van der Waals surface area contributed by atoms with Crippen molar-refractivity contribution in [3.05, 3.63) is 65.4 Å². The van der Waals surface area contributed by atoms with Crippen LogP contribution in [0.4, 0.5) is 0 Å². The molecule has 0 saturated carbocycles. The predicted octanol–water partition coefficient (Wildman–Crippen LogP) is 3.65. The van der Waals surface area contributed by atoms with Crippen molar-refractivity contribution >= 4 is 33.5 Å². The second-order valence-corrected chi connectivity index (χ2v) is 6.44. The highest BCUT2D eigenvalue weighted by Crippen LogP contribution is 2.22. The molecule has 5 nitrogen and oxygen atoms in total. The standard InChI is InChI=1S/C19H16N4OS/c20-10-4-12-23(14-15-5-3-11-21-13-15)19(24)9-8-18-22-16-6-1-2-7-17(16)25-18/h1-3,5-9,11,13H,4,12,14H2. The molecule has 3 aromatic rings. The average Bonchev–Trinajstić information content (AvgIpc) is 3.07. The Hall–Kier alpha value is -3.04. The molecule has 0 N–H and O–H groups in total. The van der Waals surface area contributed by atoms with Crippen LogP contribution in [-0.4, -0.2) is 27.3 Å². The maximum Gasteiger partial charge on any atom is 0.246 e. The van der Waals surface area contributed by atoms with Crippen molar-refractivity contribution in [3.63, 3.8) is 0 Å². The summed E-state index contributed by atoms with van der Waals surface area (Å²) in [6.45, 7) is 0.812. The van der Waals surface area contributed by atoms with Gasteiger partial charge in [0.1, 0.15) is 5.01 Å². The Morgan fingerprint density at radius 2 is 2.16 bits per heavy atom. The molecule has 1 amide bonds. The molecule has 0 aliphatic rings. The van der Waals surface area contributed by atoms with Crippen LogP contribution in [0.3, 0.4) is 0 Å². The lowest BCUT2D eigenvalue weighted by Crippen LogP contribution is -2.29. The van der Waals surface area contributed by atoms with Crippen molar-refractivity contribution < 1.29 is 4.79 Å². The molecular formula is C19H16N4OS. The molecule has 0 radical (unpaired) electrons. The first-order valence-electron chi connectivity index (χ1n) is 7.84. The van der Waals surface area contributed by atoms with Gasteiger partial charge in [-0.25, -0.2) is 4.98 Å². The van der Waals surface area contributed by atoms with Crippen molar-refractivity contribution in [2.45, 2.75) is 13.0 Å². The van der Waals surface area contributed by atoms with Crippen LogP contribution in [0.25, 0.3) is 16.3 Å². The number of nitriles is 1. The lowest BCUT2D eigenvalue weighted by molar-refractivity contribution is -0.126. The van der Waals surface area contributed by atoms with Crippen molar-refractivity contribution in [2.24, 2.45) is 0 Å². The number of hydrogen-bond donors (Lipinski definition) is 0. The number of carbonyl (C=O) groups excluding carboxylic acids is 1. The highest BCUT2D eigenvalue weighted by Gasteiger charge is 2.11. The summed E-state index contributed by atoms with van der Waals surface area (Å²) in [6, 6.07) is 13.7. The lowest BCUT2D eigenvalue weighted by atomic mass is 10.2. The molecule has 2 aromatic heterocycles. The third kappa shape index (κ3) is 4.49. The van der Waals surface area contributed by atoms with E-state index in [1.54, 1.807) is 34.7 Å². The molecule has 3 rings (SSSR count). The summed E-state index contributed by atoms with van der Waals surface area (Å²) in [7, 11) is 0. The van der Waals surface area contributed by atoms with E-state index in [0.29, 0.717) is 19.5 Å². The van der Waals surface area contributed by atoms with Gasteiger partial charge in [-0.2, -0.15) is 5.26 Å². The Balaban J connectivity index is 1.73. The number of aromatic nitrogens is 2. The van der Waals surface area contributed by atoms with Crippen LogP contribution >= 0.6 is 11.3 Å². The van der Waals surface area contributed by atoms with Gasteiger partial charge in [0.15, 0.2) is 0 Å². The summed E-state index contributed by atoms with van der Waals surface area (Å²) in [5.74, 6) is -0.140. The molecule has 0 fully saturated rings. The number of pyridine rings is 1. The number of nitrogens with zero attached hydrogens (tertiary/aromatic N) is 4. The van der Waals surface area contributed by atoms with Crippen LogP contribution < -0.4 is 0 Å². The third-order valence-corrected chi connectivity index (χ3v) is 4.58. The first-order valence-corrected chi connectivity index (χ1v) is 8.66. The fraction of sp³-hybridized carbons (Fsp3) is 0.158. The number of benzene rings is 1. The second-order valence-electron chi connectivity index (χ2n) is 5.38. The number of fused-ring (bicyclic) bond motifs is 1. The second kappa shape index (κ2) is 8.18. The smallest absolute Gasteiger partial charge is 0.246 e. The Morgan fingerprint density at radius 1 is 1.28 bits per heavy atom. The largest absolute Gasteiger partial charge is 0.334 e. The van der Waals surface area contributed by atoms with Gasteiger partial charge in [-0.15, -0.1) is 11.3 Å². The average molecular weight is 348 g/mol. The zero-order valence-corrected chi connectivity index (χ0v) is 14.3. The predicted molar refractivity (Wildman–Crippen MR) is 98.5 cm³/mol. The van der Waals surface area contributed by atoms with E-state index in [1.165, 1.54) is 6.08 Å². The van der Waals surface area contributed by atoms with E-state index in [1.807, 2.05) is 36.4 Å². The molecule has 0 aliphatic heterocycles. The quantitative estimate of drug-likeness (QED) is 0.638. The van der Waals surface area contributed by atoms with E-state index < -0.39 is 0 Å². The van der Waals surface area contributed by atoms with Crippen LogP contribution in [0.2, 0.25) is 0 Å². The van der Waals surface area contributed by atoms with Crippen molar-refractivity contribution in [2.75, 3.05) is 6.54 Å². The molecule has 1 aromatic carbocycles. The maximum atomic E-state index is 12.5. The number of para-hydroxylation sites is 1. The lowest BCUT2D eigenvalue weighted by Gasteiger charge is -2.19. The summed E-state index contributed by atoms with van der Waals surface area (Å²) < 4.78 is 1.09. The molecule has 0 bridgehead atoms. The summed E-state index contributed by atoms with van der Waals surface area (Å²) >= 11 is 1.54. The summed E-state index contributed by atoms with van der Waals surface area (Å²) in [4.78, 5) is 22.7. The SMILES string of the molecule is N#CCCN(Cc1cccnc1)C(=O)C=Cc1nc2ccccc2s1. The fourth-order valence-corrected chi connectivity index (χ4v) is 3.24. The molecule has 2 heterocycles. The molecule has 0 saturated heterocycles. The number of hydrogen-bond acceptors (Lipinski definition) is 5. The Kier molecular flexibility index (Phi) is 5.50. The van der Waals surface area contributed by atoms with Gasteiger partial charge in [-0.1, -0.05) is 18.2 Å². The first kappa shape index (κ1) is 16.8. The van der Waals surface area contributed by atoms with E-state index in [9.17, 15) is 4.79 Å².